The molecule has 0 radical (unpaired) electrons. The first kappa shape index (κ1) is 12.5. The maximum atomic E-state index is 12.0. The number of nitrogens with zero attached hydrogens (tertiary/aromatic N) is 2. The summed E-state index contributed by atoms with van der Waals surface area (Å²) in [6.45, 7) is 0. The molecule has 1 aromatic carbocycles. The molecule has 2 heterocycles. The highest BCUT2D eigenvalue weighted by Crippen LogP contribution is 2.24. The minimum Gasteiger partial charge on any atom is -0.304 e. The fraction of sp³-hybridized carbons (Fsp3) is 0. The molecule has 0 aliphatic heterocycles. The number of rotatable bonds is 2. The standard InChI is InChI=1S/C13H8IN3OS/c14-9-10(8-4-2-1-3-5-8)16-11(17-12(9)18)13-15-6-7-19-13/h1-7H,(H,16,17,18). The highest BCUT2D eigenvalue weighted by atomic mass is 127. The molecule has 0 fully saturated rings. The minimum absolute atomic E-state index is 0.139. The third-order valence-electron chi connectivity index (χ3n) is 2.54. The van der Waals surface area contributed by atoms with Crippen LogP contribution in [0.4, 0.5) is 0 Å². The molecule has 1 N–H and O–H groups in total. The normalized spacial score (nSPS) is 10.6. The van der Waals surface area contributed by atoms with Gasteiger partial charge in [-0.15, -0.1) is 11.3 Å². The van der Waals surface area contributed by atoms with Crippen LogP contribution < -0.4 is 5.56 Å². The fourth-order valence-corrected chi connectivity index (χ4v) is 2.84. The predicted molar refractivity (Wildman–Crippen MR) is 84.1 cm³/mol. The molecule has 0 aliphatic carbocycles. The Morgan fingerprint density at radius 1 is 1.21 bits per heavy atom. The third kappa shape index (κ3) is 2.45. The molecular formula is C13H8IN3OS. The average Bonchev–Trinajstić information content (AvgIpc) is 2.97. The van der Waals surface area contributed by atoms with E-state index < -0.39 is 0 Å². The van der Waals surface area contributed by atoms with Gasteiger partial charge in [-0.25, -0.2) is 9.97 Å². The maximum absolute atomic E-state index is 12.0. The van der Waals surface area contributed by atoms with Gasteiger partial charge in [-0.05, 0) is 22.6 Å². The summed E-state index contributed by atoms with van der Waals surface area (Å²) >= 11 is 3.47. The second-order valence-electron chi connectivity index (χ2n) is 3.78. The van der Waals surface area contributed by atoms with Crippen molar-refractivity contribution in [1.29, 1.82) is 0 Å². The molecule has 0 unspecified atom stereocenters. The molecule has 4 nitrogen and oxygen atoms in total. The van der Waals surface area contributed by atoms with E-state index in [4.69, 9.17) is 0 Å². The lowest BCUT2D eigenvalue weighted by Gasteiger charge is -2.05. The van der Waals surface area contributed by atoms with Gasteiger partial charge in [0.05, 0.1) is 5.69 Å². The van der Waals surface area contributed by atoms with Crippen LogP contribution in [0.2, 0.25) is 0 Å². The van der Waals surface area contributed by atoms with Gasteiger partial charge >= 0.3 is 0 Å². The van der Waals surface area contributed by atoms with Crippen molar-refractivity contribution in [2.24, 2.45) is 0 Å². The van der Waals surface area contributed by atoms with Crippen molar-refractivity contribution in [1.82, 2.24) is 15.0 Å². The van der Waals surface area contributed by atoms with Gasteiger partial charge in [0.25, 0.3) is 5.56 Å². The zero-order valence-electron chi connectivity index (χ0n) is 9.63. The number of hydrogen-bond donors (Lipinski definition) is 1. The molecule has 3 rings (SSSR count). The quantitative estimate of drug-likeness (QED) is 0.694. The number of aromatic nitrogens is 3. The summed E-state index contributed by atoms with van der Waals surface area (Å²) in [5, 5.41) is 2.57. The number of aromatic amines is 1. The molecule has 2 aromatic heterocycles. The maximum Gasteiger partial charge on any atom is 0.265 e. The van der Waals surface area contributed by atoms with Gasteiger partial charge in [0.15, 0.2) is 10.8 Å². The van der Waals surface area contributed by atoms with Crippen LogP contribution in [-0.2, 0) is 0 Å². The molecule has 94 valence electrons. The number of H-pyrrole nitrogens is 1. The van der Waals surface area contributed by atoms with Gasteiger partial charge in [0.2, 0.25) is 0 Å². The Morgan fingerprint density at radius 3 is 2.68 bits per heavy atom. The van der Waals surface area contributed by atoms with Gasteiger partial charge in [-0.3, -0.25) is 4.79 Å². The first-order chi connectivity index (χ1) is 9.25. The first-order valence-corrected chi connectivity index (χ1v) is 7.46. The Bertz CT molecular complexity index is 753. The predicted octanol–water partition coefficient (Wildman–Crippen LogP) is 3.17. The van der Waals surface area contributed by atoms with E-state index in [0.29, 0.717) is 20.1 Å². The summed E-state index contributed by atoms with van der Waals surface area (Å²) in [6.07, 6.45) is 1.69. The summed E-state index contributed by atoms with van der Waals surface area (Å²) in [4.78, 5) is 23.5. The molecule has 0 aliphatic rings. The average molecular weight is 381 g/mol. The third-order valence-corrected chi connectivity index (χ3v) is 4.33. The van der Waals surface area contributed by atoms with E-state index in [-0.39, 0.29) is 5.56 Å². The van der Waals surface area contributed by atoms with Crippen LogP contribution in [0.15, 0.2) is 46.7 Å². The molecule has 0 atom stereocenters. The van der Waals surface area contributed by atoms with Crippen molar-refractivity contribution in [3.05, 3.63) is 55.8 Å². The van der Waals surface area contributed by atoms with Crippen LogP contribution in [0.5, 0.6) is 0 Å². The van der Waals surface area contributed by atoms with Crippen molar-refractivity contribution in [3.8, 4) is 22.1 Å². The molecule has 0 saturated carbocycles. The van der Waals surface area contributed by atoms with Crippen LogP contribution in [-0.4, -0.2) is 15.0 Å². The molecule has 0 spiro atoms. The second-order valence-corrected chi connectivity index (χ2v) is 5.75. The molecule has 19 heavy (non-hydrogen) atoms. The summed E-state index contributed by atoms with van der Waals surface area (Å²) in [6, 6.07) is 9.67. The van der Waals surface area contributed by atoms with Crippen molar-refractivity contribution in [2.45, 2.75) is 0 Å². The number of nitrogens with one attached hydrogen (secondary N) is 1. The zero-order valence-corrected chi connectivity index (χ0v) is 12.6. The molecular weight excluding hydrogens is 373 g/mol. The van der Waals surface area contributed by atoms with Crippen molar-refractivity contribution < 1.29 is 0 Å². The molecule has 6 heteroatoms. The lowest BCUT2D eigenvalue weighted by atomic mass is 10.1. The van der Waals surface area contributed by atoms with Crippen molar-refractivity contribution in [2.75, 3.05) is 0 Å². The van der Waals surface area contributed by atoms with E-state index in [1.165, 1.54) is 11.3 Å². The van der Waals surface area contributed by atoms with Crippen LogP contribution in [0, 0.1) is 3.57 Å². The van der Waals surface area contributed by atoms with Gasteiger partial charge in [0.1, 0.15) is 3.57 Å². The van der Waals surface area contributed by atoms with Crippen LogP contribution >= 0.6 is 33.9 Å². The Labute approximate surface area is 126 Å². The van der Waals surface area contributed by atoms with Crippen molar-refractivity contribution >= 4 is 33.9 Å². The van der Waals surface area contributed by atoms with E-state index in [1.807, 2.05) is 58.3 Å². The number of halogens is 1. The van der Waals surface area contributed by atoms with Crippen molar-refractivity contribution in [3.63, 3.8) is 0 Å². The SMILES string of the molecule is O=c1[nH]c(-c2nccs2)nc(-c2ccccc2)c1I. The van der Waals surface area contributed by atoms with Crippen LogP contribution in [0.3, 0.4) is 0 Å². The molecule has 0 saturated heterocycles. The van der Waals surface area contributed by atoms with E-state index >= 15 is 0 Å². The Balaban J connectivity index is 2.23. The number of thiazole rings is 1. The summed E-state index contributed by atoms with van der Waals surface area (Å²) in [5.74, 6) is 0.513. The number of benzene rings is 1. The van der Waals surface area contributed by atoms with Crippen LogP contribution in [0.25, 0.3) is 22.1 Å². The topological polar surface area (TPSA) is 58.6 Å². The number of hydrogen-bond acceptors (Lipinski definition) is 4. The summed E-state index contributed by atoms with van der Waals surface area (Å²) in [7, 11) is 0. The monoisotopic (exact) mass is 381 g/mol. The fourth-order valence-electron chi connectivity index (χ4n) is 1.69. The molecule has 3 aromatic rings. The highest BCUT2D eigenvalue weighted by molar-refractivity contribution is 14.1. The zero-order chi connectivity index (χ0) is 13.2. The van der Waals surface area contributed by atoms with E-state index in [0.717, 1.165) is 5.56 Å². The van der Waals surface area contributed by atoms with E-state index in [1.54, 1.807) is 6.20 Å². The van der Waals surface area contributed by atoms with Crippen LogP contribution in [0.1, 0.15) is 0 Å². The van der Waals surface area contributed by atoms with Gasteiger partial charge in [-0.2, -0.15) is 0 Å². The lowest BCUT2D eigenvalue weighted by Crippen LogP contribution is -2.14. The Kier molecular flexibility index (Phi) is 3.43. The minimum atomic E-state index is -0.139. The van der Waals surface area contributed by atoms with Gasteiger partial charge in [-0.1, -0.05) is 30.3 Å². The molecule has 0 bridgehead atoms. The largest absolute Gasteiger partial charge is 0.304 e. The first-order valence-electron chi connectivity index (χ1n) is 5.51. The van der Waals surface area contributed by atoms with E-state index in [2.05, 4.69) is 15.0 Å². The summed E-state index contributed by atoms with van der Waals surface area (Å²) in [5.41, 5.74) is 1.48. The smallest absolute Gasteiger partial charge is 0.265 e. The van der Waals surface area contributed by atoms with Gasteiger partial charge in [0, 0.05) is 17.1 Å². The van der Waals surface area contributed by atoms with Gasteiger partial charge < -0.3 is 4.98 Å². The summed E-state index contributed by atoms with van der Waals surface area (Å²) < 4.78 is 0.587. The Hall–Kier alpha value is -1.54. The highest BCUT2D eigenvalue weighted by Gasteiger charge is 2.12. The Morgan fingerprint density at radius 2 is 2.00 bits per heavy atom. The molecule has 0 amide bonds. The second kappa shape index (κ2) is 5.22. The van der Waals surface area contributed by atoms with E-state index in [9.17, 15) is 4.79 Å². The lowest BCUT2D eigenvalue weighted by molar-refractivity contribution is 1.10.